The molecule has 0 unspecified atom stereocenters. The molecule has 0 amide bonds. The Kier molecular flexibility index (Phi) is 4.13. The molecule has 2 aromatic rings. The minimum Gasteiger partial charge on any atom is -0.326 e. The molecule has 98 valence electrons. The molecule has 0 radical (unpaired) electrons. The van der Waals surface area contributed by atoms with E-state index in [2.05, 4.69) is 9.71 Å². The van der Waals surface area contributed by atoms with E-state index >= 15 is 0 Å². The Hall–Kier alpha value is -0.800. The van der Waals surface area contributed by atoms with Gasteiger partial charge >= 0.3 is 0 Å². The number of sulfonamides is 1. The molecular formula is C10H13N3O2S3. The molecule has 0 aliphatic heterocycles. The van der Waals surface area contributed by atoms with E-state index in [1.54, 1.807) is 17.6 Å². The summed E-state index contributed by atoms with van der Waals surface area (Å²) in [7, 11) is -3.50. The molecule has 0 aromatic carbocycles. The van der Waals surface area contributed by atoms with Gasteiger partial charge in [-0.1, -0.05) is 0 Å². The van der Waals surface area contributed by atoms with Crippen LogP contribution in [0.15, 0.2) is 22.5 Å². The van der Waals surface area contributed by atoms with Crippen LogP contribution in [0.25, 0.3) is 0 Å². The summed E-state index contributed by atoms with van der Waals surface area (Å²) in [5, 5.41) is 2.48. The number of nitrogens with zero attached hydrogens (tertiary/aromatic N) is 1. The number of thiophene rings is 1. The van der Waals surface area contributed by atoms with Crippen LogP contribution < -0.4 is 10.5 Å². The van der Waals surface area contributed by atoms with Gasteiger partial charge in [-0.3, -0.25) is 0 Å². The Labute approximate surface area is 114 Å². The summed E-state index contributed by atoms with van der Waals surface area (Å²) >= 11 is 2.82. The van der Waals surface area contributed by atoms with Crippen molar-refractivity contribution in [2.45, 2.75) is 24.9 Å². The molecule has 5 nitrogen and oxygen atoms in total. The van der Waals surface area contributed by atoms with Crippen molar-refractivity contribution in [1.29, 1.82) is 0 Å². The van der Waals surface area contributed by atoms with E-state index in [0.29, 0.717) is 4.88 Å². The Balaban J connectivity index is 2.13. The van der Waals surface area contributed by atoms with Crippen molar-refractivity contribution in [2.24, 2.45) is 5.73 Å². The zero-order valence-corrected chi connectivity index (χ0v) is 12.2. The van der Waals surface area contributed by atoms with E-state index < -0.39 is 10.0 Å². The maximum Gasteiger partial charge on any atom is 0.242 e. The highest BCUT2D eigenvalue weighted by Crippen LogP contribution is 2.21. The highest BCUT2D eigenvalue weighted by atomic mass is 32.2. The predicted molar refractivity (Wildman–Crippen MR) is 73.1 cm³/mol. The van der Waals surface area contributed by atoms with Crippen LogP contribution in [0.1, 0.15) is 14.8 Å². The number of hydrogen-bond acceptors (Lipinski definition) is 6. The van der Waals surface area contributed by atoms with Crippen molar-refractivity contribution in [1.82, 2.24) is 9.71 Å². The Morgan fingerprint density at radius 2 is 2.28 bits per heavy atom. The first-order valence-electron chi connectivity index (χ1n) is 5.20. The molecule has 2 heterocycles. The first-order valence-corrected chi connectivity index (χ1v) is 8.38. The smallest absolute Gasteiger partial charge is 0.242 e. The molecule has 3 N–H and O–H groups in total. The van der Waals surface area contributed by atoms with E-state index in [9.17, 15) is 8.42 Å². The maximum absolute atomic E-state index is 12.1. The highest BCUT2D eigenvalue weighted by molar-refractivity contribution is 7.89. The largest absolute Gasteiger partial charge is 0.326 e. The molecule has 0 saturated carbocycles. The van der Waals surface area contributed by atoms with Crippen molar-refractivity contribution in [2.75, 3.05) is 0 Å². The normalized spacial score (nSPS) is 11.9. The number of nitrogens with one attached hydrogen (secondary N) is 1. The van der Waals surface area contributed by atoms with Gasteiger partial charge in [0.25, 0.3) is 0 Å². The van der Waals surface area contributed by atoms with Gasteiger partial charge in [-0.15, -0.1) is 22.7 Å². The van der Waals surface area contributed by atoms with Crippen molar-refractivity contribution < 1.29 is 8.42 Å². The molecule has 8 heteroatoms. The molecule has 0 aliphatic rings. The van der Waals surface area contributed by atoms with Gasteiger partial charge in [0.15, 0.2) is 0 Å². The lowest BCUT2D eigenvalue weighted by Crippen LogP contribution is -2.24. The van der Waals surface area contributed by atoms with Gasteiger partial charge in [-0.2, -0.15) is 0 Å². The van der Waals surface area contributed by atoms with Crippen LogP contribution in [0, 0.1) is 6.92 Å². The van der Waals surface area contributed by atoms with E-state index in [1.165, 1.54) is 22.7 Å². The summed E-state index contributed by atoms with van der Waals surface area (Å²) in [6.07, 6.45) is 1.73. The zero-order chi connectivity index (χ0) is 13.2. The summed E-state index contributed by atoms with van der Waals surface area (Å²) in [5.74, 6) is 0. The van der Waals surface area contributed by atoms with Crippen molar-refractivity contribution >= 4 is 32.7 Å². The van der Waals surface area contributed by atoms with Crippen LogP contribution in [0.3, 0.4) is 0 Å². The number of nitrogens with two attached hydrogens (primary N) is 1. The lowest BCUT2D eigenvalue weighted by Gasteiger charge is -2.05. The minimum atomic E-state index is -3.50. The molecule has 0 fully saturated rings. The van der Waals surface area contributed by atoms with Crippen LogP contribution in [-0.4, -0.2) is 13.4 Å². The summed E-state index contributed by atoms with van der Waals surface area (Å²) in [6, 6.07) is 1.57. The summed E-state index contributed by atoms with van der Waals surface area (Å²) in [6.45, 7) is 2.37. The van der Waals surface area contributed by atoms with Gasteiger partial charge in [-0.05, 0) is 18.4 Å². The average Bonchev–Trinajstić information content (AvgIpc) is 2.95. The van der Waals surface area contributed by atoms with Crippen molar-refractivity contribution in [3.63, 3.8) is 0 Å². The van der Waals surface area contributed by atoms with Crippen LogP contribution in [-0.2, 0) is 23.1 Å². The fourth-order valence-electron chi connectivity index (χ4n) is 1.43. The standard InChI is InChI=1S/C10H13N3O2S3/c1-7-5-12-10(17-7)6-13-18(14,15)9-2-3-16-8(9)4-11/h2-3,5,13H,4,6,11H2,1H3. The van der Waals surface area contributed by atoms with Crippen molar-refractivity contribution in [3.05, 3.63) is 32.4 Å². The number of hydrogen-bond donors (Lipinski definition) is 2. The second-order valence-corrected chi connectivity index (χ2v) is 7.66. The molecule has 0 atom stereocenters. The molecule has 0 saturated heterocycles. The van der Waals surface area contributed by atoms with E-state index in [0.717, 1.165) is 9.88 Å². The van der Waals surface area contributed by atoms with Gasteiger partial charge in [0, 0.05) is 22.5 Å². The Morgan fingerprint density at radius 1 is 1.50 bits per heavy atom. The fourth-order valence-corrected chi connectivity index (χ4v) is 4.57. The van der Waals surface area contributed by atoms with Gasteiger partial charge in [0.2, 0.25) is 10.0 Å². The molecule has 18 heavy (non-hydrogen) atoms. The highest BCUT2D eigenvalue weighted by Gasteiger charge is 2.19. The molecule has 2 aromatic heterocycles. The van der Waals surface area contributed by atoms with Gasteiger partial charge in [-0.25, -0.2) is 18.1 Å². The van der Waals surface area contributed by atoms with Crippen LogP contribution in [0.2, 0.25) is 0 Å². The second-order valence-electron chi connectivity index (χ2n) is 3.60. The van der Waals surface area contributed by atoms with Gasteiger partial charge in [0.1, 0.15) is 5.01 Å². The quantitative estimate of drug-likeness (QED) is 0.875. The van der Waals surface area contributed by atoms with Crippen LogP contribution in [0.4, 0.5) is 0 Å². The first-order chi connectivity index (χ1) is 8.53. The summed E-state index contributed by atoms with van der Waals surface area (Å²) in [5.41, 5.74) is 5.51. The molecule has 0 spiro atoms. The van der Waals surface area contributed by atoms with Crippen LogP contribution >= 0.6 is 22.7 Å². The third-order valence-electron chi connectivity index (χ3n) is 2.26. The van der Waals surface area contributed by atoms with Gasteiger partial charge in [0.05, 0.1) is 11.4 Å². The van der Waals surface area contributed by atoms with E-state index in [-0.39, 0.29) is 18.0 Å². The number of aromatic nitrogens is 1. The number of thiazole rings is 1. The third-order valence-corrected chi connectivity index (χ3v) is 5.73. The first kappa shape index (κ1) is 13.6. The lowest BCUT2D eigenvalue weighted by atomic mass is 10.5. The maximum atomic E-state index is 12.1. The van der Waals surface area contributed by atoms with Crippen molar-refractivity contribution in [3.8, 4) is 0 Å². The number of aryl methyl sites for hydroxylation is 1. The third kappa shape index (κ3) is 2.96. The van der Waals surface area contributed by atoms with Gasteiger partial charge < -0.3 is 5.73 Å². The topological polar surface area (TPSA) is 85.1 Å². The molecule has 0 aliphatic carbocycles. The fraction of sp³-hybridized carbons (Fsp3) is 0.300. The molecular weight excluding hydrogens is 290 g/mol. The van der Waals surface area contributed by atoms with Crippen LogP contribution in [0.5, 0.6) is 0 Å². The Morgan fingerprint density at radius 3 is 2.89 bits per heavy atom. The lowest BCUT2D eigenvalue weighted by molar-refractivity contribution is 0.580. The second kappa shape index (κ2) is 5.45. The molecule has 2 rings (SSSR count). The summed E-state index contributed by atoms with van der Waals surface area (Å²) in [4.78, 5) is 6.10. The monoisotopic (exact) mass is 303 g/mol. The minimum absolute atomic E-state index is 0.209. The summed E-state index contributed by atoms with van der Waals surface area (Å²) < 4.78 is 26.7. The zero-order valence-electron chi connectivity index (χ0n) is 9.71. The average molecular weight is 303 g/mol. The van der Waals surface area contributed by atoms with E-state index in [1.807, 2.05) is 6.92 Å². The van der Waals surface area contributed by atoms with E-state index in [4.69, 9.17) is 5.73 Å². The SMILES string of the molecule is Cc1cnc(CNS(=O)(=O)c2ccsc2CN)s1. The Bertz CT molecular complexity index is 630. The predicted octanol–water partition coefficient (Wildman–Crippen LogP) is 1.45. The molecule has 0 bridgehead atoms. The number of rotatable bonds is 5.